The average Bonchev–Trinajstić information content (AvgIpc) is 2.81. The molecule has 0 atom stereocenters. The summed E-state index contributed by atoms with van der Waals surface area (Å²) in [6.07, 6.45) is 0. The highest BCUT2D eigenvalue weighted by molar-refractivity contribution is 6.31. The number of aromatic amines is 1. The average molecular weight is 275 g/mol. The van der Waals surface area contributed by atoms with Gasteiger partial charge in [-0.15, -0.1) is 0 Å². The van der Waals surface area contributed by atoms with Gasteiger partial charge in [-0.3, -0.25) is 0 Å². The quantitative estimate of drug-likeness (QED) is 0.751. The number of imidazole rings is 1. The van der Waals surface area contributed by atoms with E-state index in [9.17, 15) is 5.11 Å². The van der Waals surface area contributed by atoms with Crippen LogP contribution in [0.15, 0.2) is 36.4 Å². The normalized spacial score (nSPS) is 10.8. The van der Waals surface area contributed by atoms with Crippen LogP contribution < -0.4 is 4.74 Å². The number of H-pyrrole nitrogens is 1. The highest BCUT2D eigenvalue weighted by Crippen LogP contribution is 2.36. The van der Waals surface area contributed by atoms with E-state index >= 15 is 0 Å². The zero-order valence-corrected chi connectivity index (χ0v) is 10.9. The molecule has 4 nitrogen and oxygen atoms in total. The number of nitrogens with zero attached hydrogens (tertiary/aromatic N) is 1. The Kier molecular flexibility index (Phi) is 2.80. The van der Waals surface area contributed by atoms with Crippen LogP contribution >= 0.6 is 11.6 Å². The van der Waals surface area contributed by atoms with Gasteiger partial charge >= 0.3 is 0 Å². The highest BCUT2D eigenvalue weighted by Gasteiger charge is 2.13. The minimum atomic E-state index is 0.0650. The van der Waals surface area contributed by atoms with E-state index in [-0.39, 0.29) is 5.75 Å². The Morgan fingerprint density at radius 1 is 1.26 bits per heavy atom. The number of para-hydroxylation sites is 1. The Morgan fingerprint density at radius 2 is 2.11 bits per heavy atom. The van der Waals surface area contributed by atoms with Gasteiger partial charge in [0.2, 0.25) is 0 Å². The molecule has 0 unspecified atom stereocenters. The number of phenols is 1. The number of hydrogen-bond donors (Lipinski definition) is 2. The maximum absolute atomic E-state index is 10.1. The summed E-state index contributed by atoms with van der Waals surface area (Å²) in [4.78, 5) is 7.56. The fraction of sp³-hybridized carbons (Fsp3) is 0.0714. The van der Waals surface area contributed by atoms with Crippen molar-refractivity contribution in [2.45, 2.75) is 0 Å². The van der Waals surface area contributed by atoms with Crippen molar-refractivity contribution in [2.24, 2.45) is 0 Å². The second-order valence-corrected chi connectivity index (χ2v) is 4.54. The second-order valence-electron chi connectivity index (χ2n) is 4.10. The van der Waals surface area contributed by atoms with E-state index < -0.39 is 0 Å². The number of rotatable bonds is 2. The van der Waals surface area contributed by atoms with Gasteiger partial charge in [0.15, 0.2) is 11.5 Å². The van der Waals surface area contributed by atoms with Crippen LogP contribution in [0.5, 0.6) is 11.5 Å². The molecule has 3 aromatic rings. The summed E-state index contributed by atoms with van der Waals surface area (Å²) in [5.41, 5.74) is 2.21. The Hall–Kier alpha value is -2.20. The number of aromatic hydroxyl groups is 1. The standard InChI is InChI=1S/C14H11ClN2O2/c1-19-12-4-2-3-9(13(12)18)14-16-10-6-5-8(15)7-11(10)17-14/h2-7,18H,1H3,(H,16,17). The van der Waals surface area contributed by atoms with Gasteiger partial charge in [0.25, 0.3) is 0 Å². The fourth-order valence-corrected chi connectivity index (χ4v) is 2.16. The van der Waals surface area contributed by atoms with E-state index in [2.05, 4.69) is 9.97 Å². The maximum atomic E-state index is 10.1. The van der Waals surface area contributed by atoms with E-state index in [1.54, 1.807) is 30.3 Å². The molecule has 0 aliphatic carbocycles. The van der Waals surface area contributed by atoms with Crippen LogP contribution in [-0.4, -0.2) is 22.2 Å². The zero-order chi connectivity index (χ0) is 13.4. The summed E-state index contributed by atoms with van der Waals surface area (Å²) in [7, 11) is 1.51. The van der Waals surface area contributed by atoms with Crippen molar-refractivity contribution in [3.8, 4) is 22.9 Å². The molecule has 96 valence electrons. The number of hydrogen-bond acceptors (Lipinski definition) is 3. The van der Waals surface area contributed by atoms with Gasteiger partial charge in [-0.1, -0.05) is 17.7 Å². The highest BCUT2D eigenvalue weighted by atomic mass is 35.5. The SMILES string of the molecule is COc1cccc(-c2nc3ccc(Cl)cc3[nH]2)c1O. The first kappa shape index (κ1) is 11.9. The van der Waals surface area contributed by atoms with Gasteiger partial charge in [-0.2, -0.15) is 0 Å². The first-order chi connectivity index (χ1) is 9.19. The largest absolute Gasteiger partial charge is 0.504 e. The van der Waals surface area contributed by atoms with E-state index in [1.807, 2.05) is 6.07 Å². The second kappa shape index (κ2) is 4.48. The van der Waals surface area contributed by atoms with Gasteiger partial charge in [0.1, 0.15) is 5.82 Å². The molecule has 1 heterocycles. The summed E-state index contributed by atoms with van der Waals surface area (Å²) in [6, 6.07) is 10.7. The third kappa shape index (κ3) is 2.00. The molecule has 2 N–H and O–H groups in total. The maximum Gasteiger partial charge on any atom is 0.168 e. The number of phenolic OH excluding ortho intramolecular Hbond substituents is 1. The molecule has 0 bridgehead atoms. The van der Waals surface area contributed by atoms with Gasteiger partial charge < -0.3 is 14.8 Å². The number of benzene rings is 2. The molecular weight excluding hydrogens is 264 g/mol. The van der Waals surface area contributed by atoms with Crippen molar-refractivity contribution >= 4 is 22.6 Å². The lowest BCUT2D eigenvalue weighted by molar-refractivity contribution is 0.374. The van der Waals surface area contributed by atoms with Crippen LogP contribution in [-0.2, 0) is 0 Å². The lowest BCUT2D eigenvalue weighted by atomic mass is 10.2. The van der Waals surface area contributed by atoms with E-state index in [1.165, 1.54) is 7.11 Å². The number of methoxy groups -OCH3 is 1. The summed E-state index contributed by atoms with van der Waals surface area (Å²) in [5.74, 6) is 1.06. The van der Waals surface area contributed by atoms with Crippen LogP contribution in [0.3, 0.4) is 0 Å². The lowest BCUT2D eigenvalue weighted by Crippen LogP contribution is -1.87. The third-order valence-electron chi connectivity index (χ3n) is 2.92. The summed E-state index contributed by atoms with van der Waals surface area (Å²) in [5, 5.41) is 10.7. The van der Waals surface area contributed by atoms with Crippen LogP contribution in [0, 0.1) is 0 Å². The number of aromatic nitrogens is 2. The van der Waals surface area contributed by atoms with Crippen molar-refractivity contribution in [1.82, 2.24) is 9.97 Å². The van der Waals surface area contributed by atoms with Gasteiger partial charge in [0, 0.05) is 5.02 Å². The number of halogens is 1. The van der Waals surface area contributed by atoms with Crippen molar-refractivity contribution in [3.05, 3.63) is 41.4 Å². The Morgan fingerprint density at radius 3 is 2.89 bits per heavy atom. The smallest absolute Gasteiger partial charge is 0.168 e. The number of fused-ring (bicyclic) bond motifs is 1. The summed E-state index contributed by atoms with van der Waals surface area (Å²) < 4.78 is 5.09. The first-order valence-corrected chi connectivity index (χ1v) is 6.08. The van der Waals surface area contributed by atoms with E-state index in [0.717, 1.165) is 11.0 Å². The molecular formula is C14H11ClN2O2. The van der Waals surface area contributed by atoms with Crippen molar-refractivity contribution in [3.63, 3.8) is 0 Å². The Balaban J connectivity index is 2.19. The van der Waals surface area contributed by atoms with Crippen molar-refractivity contribution < 1.29 is 9.84 Å². The lowest BCUT2D eigenvalue weighted by Gasteiger charge is -2.06. The van der Waals surface area contributed by atoms with Crippen LogP contribution in [0.2, 0.25) is 5.02 Å². The summed E-state index contributed by atoms with van der Waals surface area (Å²) in [6.45, 7) is 0. The molecule has 19 heavy (non-hydrogen) atoms. The minimum absolute atomic E-state index is 0.0650. The number of ether oxygens (including phenoxy) is 1. The van der Waals surface area contributed by atoms with Gasteiger partial charge in [-0.05, 0) is 30.3 Å². The molecule has 0 saturated carbocycles. The molecule has 0 aliphatic heterocycles. The minimum Gasteiger partial charge on any atom is -0.504 e. The molecule has 0 radical (unpaired) electrons. The van der Waals surface area contributed by atoms with Crippen LogP contribution in [0.25, 0.3) is 22.4 Å². The predicted octanol–water partition coefficient (Wildman–Crippen LogP) is 3.60. The van der Waals surface area contributed by atoms with Crippen LogP contribution in [0.4, 0.5) is 0 Å². The Bertz CT molecular complexity index is 752. The molecule has 1 aromatic heterocycles. The first-order valence-electron chi connectivity index (χ1n) is 5.70. The van der Waals surface area contributed by atoms with E-state index in [0.29, 0.717) is 22.2 Å². The summed E-state index contributed by atoms with van der Waals surface area (Å²) >= 11 is 5.94. The van der Waals surface area contributed by atoms with Crippen LogP contribution in [0.1, 0.15) is 0 Å². The zero-order valence-electron chi connectivity index (χ0n) is 10.1. The molecule has 5 heteroatoms. The van der Waals surface area contributed by atoms with Gasteiger partial charge in [0.05, 0.1) is 23.7 Å². The van der Waals surface area contributed by atoms with E-state index in [4.69, 9.17) is 16.3 Å². The molecule has 0 spiro atoms. The molecule has 2 aromatic carbocycles. The van der Waals surface area contributed by atoms with Gasteiger partial charge in [-0.25, -0.2) is 4.98 Å². The molecule has 0 saturated heterocycles. The molecule has 0 aliphatic rings. The number of nitrogens with one attached hydrogen (secondary N) is 1. The molecule has 3 rings (SSSR count). The monoisotopic (exact) mass is 274 g/mol. The topological polar surface area (TPSA) is 58.1 Å². The Labute approximate surface area is 114 Å². The van der Waals surface area contributed by atoms with Crippen molar-refractivity contribution in [2.75, 3.05) is 7.11 Å². The molecule has 0 fully saturated rings. The van der Waals surface area contributed by atoms with Crippen molar-refractivity contribution in [1.29, 1.82) is 0 Å². The predicted molar refractivity (Wildman–Crippen MR) is 74.8 cm³/mol. The third-order valence-corrected chi connectivity index (χ3v) is 3.15. The molecule has 0 amide bonds. The fourth-order valence-electron chi connectivity index (χ4n) is 1.99.